The number of nitrogens with zero attached hydrogens (tertiary/aromatic N) is 2. The largest absolute Gasteiger partial charge is 0.433 e. The molecule has 0 bridgehead atoms. The summed E-state index contributed by atoms with van der Waals surface area (Å²) in [7, 11) is 0. The van der Waals surface area contributed by atoms with Gasteiger partial charge in [0.25, 0.3) is 5.69 Å². The van der Waals surface area contributed by atoms with Crippen LogP contribution in [0.25, 0.3) is 6.08 Å². The van der Waals surface area contributed by atoms with Gasteiger partial charge >= 0.3 is 10.2 Å². The number of anilines is 1. The molecule has 7 nitrogen and oxygen atoms in total. The predicted octanol–water partition coefficient (Wildman–Crippen LogP) is 4.22. The molecule has 1 amide bonds. The molecule has 4 rings (SSSR count). The smallest absolute Gasteiger partial charge is 0.325 e. The Morgan fingerprint density at radius 2 is 2.03 bits per heavy atom. The zero-order chi connectivity index (χ0) is 21.3. The molecule has 0 atom stereocenters. The Balaban J connectivity index is 1.53. The quantitative estimate of drug-likeness (QED) is 0.279. The monoisotopic (exact) mass is 438 g/mol. The first-order valence-electron chi connectivity index (χ1n) is 8.99. The summed E-state index contributed by atoms with van der Waals surface area (Å²) in [5, 5.41) is 15.6. The van der Waals surface area contributed by atoms with Gasteiger partial charge in [0.05, 0.1) is 10.3 Å². The van der Waals surface area contributed by atoms with Crippen molar-refractivity contribution in [3.05, 3.63) is 85.8 Å². The average molecular weight is 439 g/mol. The summed E-state index contributed by atoms with van der Waals surface area (Å²) in [6.45, 7) is 1.91. The minimum Gasteiger partial charge on any atom is -0.325 e. The summed E-state index contributed by atoms with van der Waals surface area (Å²) in [4.78, 5) is 36.4. The third-order valence-corrected chi connectivity index (χ3v) is 6.70. The fraction of sp³-hybridized carbons (Fsp3) is 0.0952. The topological polar surface area (TPSA) is 93.2 Å². The van der Waals surface area contributed by atoms with Gasteiger partial charge in [0, 0.05) is 29.6 Å². The van der Waals surface area contributed by atoms with E-state index >= 15 is 0 Å². The number of aromatic nitrogens is 1. The maximum atomic E-state index is 12.9. The molecule has 0 fully saturated rings. The number of benzene rings is 2. The van der Waals surface area contributed by atoms with Crippen molar-refractivity contribution in [3.8, 4) is 0 Å². The van der Waals surface area contributed by atoms with Gasteiger partial charge in [-0.25, -0.2) is 4.79 Å². The molecule has 0 saturated heterocycles. The van der Waals surface area contributed by atoms with Crippen molar-refractivity contribution in [2.45, 2.75) is 17.7 Å². The Kier molecular flexibility index (Phi) is 5.47. The third-order valence-electron chi connectivity index (χ3n) is 4.52. The molecule has 1 aliphatic heterocycles. The van der Waals surface area contributed by atoms with Crippen LogP contribution in [0.4, 0.5) is 11.4 Å². The Hall–Kier alpha value is -3.30. The highest BCUT2D eigenvalue weighted by atomic mass is 32.2. The second kappa shape index (κ2) is 8.21. The Bertz CT molecular complexity index is 1220. The average Bonchev–Trinajstić information content (AvgIpc) is 3.24. The second-order valence-electron chi connectivity index (χ2n) is 6.64. The number of hydrogen-bond donors (Lipinski definition) is 1. The lowest BCUT2D eigenvalue weighted by Crippen LogP contribution is -2.43. The molecule has 0 saturated carbocycles. The number of nitro benzene ring substituents is 1. The van der Waals surface area contributed by atoms with E-state index in [1.165, 1.54) is 39.8 Å². The molecule has 0 radical (unpaired) electrons. The SMILES string of the molecule is Cc1ccccc1NC(=O)Cc1csc2[n+]1C(=O)C(=Cc1cccc([N+](=O)[O-])c1)S2. The number of para-hydroxylation sites is 1. The van der Waals surface area contributed by atoms with E-state index in [0.29, 0.717) is 16.2 Å². The molecule has 150 valence electrons. The van der Waals surface area contributed by atoms with Crippen molar-refractivity contribution in [2.24, 2.45) is 0 Å². The van der Waals surface area contributed by atoms with Gasteiger partial charge < -0.3 is 5.32 Å². The standard InChI is InChI=1S/C21H15N3O4S2/c1-13-5-2-3-8-17(13)22-19(25)11-16-12-29-21-23(16)20(26)18(30-21)10-14-6-4-7-15(9-14)24(27)28/h2-10,12H,11H2,1H3/p+1. The maximum Gasteiger partial charge on any atom is 0.433 e. The predicted molar refractivity (Wildman–Crippen MR) is 116 cm³/mol. The minimum absolute atomic E-state index is 0.0317. The summed E-state index contributed by atoms with van der Waals surface area (Å²) in [5.74, 6) is -0.437. The van der Waals surface area contributed by atoms with E-state index in [2.05, 4.69) is 5.32 Å². The number of amides is 1. The summed E-state index contributed by atoms with van der Waals surface area (Å²) in [5.41, 5.74) is 2.86. The van der Waals surface area contributed by atoms with Crippen molar-refractivity contribution in [3.63, 3.8) is 0 Å². The van der Waals surface area contributed by atoms with Crippen molar-refractivity contribution in [1.82, 2.24) is 0 Å². The molecule has 30 heavy (non-hydrogen) atoms. The van der Waals surface area contributed by atoms with E-state index < -0.39 is 4.92 Å². The van der Waals surface area contributed by atoms with E-state index in [9.17, 15) is 19.7 Å². The summed E-state index contributed by atoms with van der Waals surface area (Å²) >= 11 is 2.69. The fourth-order valence-corrected chi connectivity index (χ4v) is 5.23. The first-order chi connectivity index (χ1) is 14.4. The van der Waals surface area contributed by atoms with Crippen LogP contribution in [-0.4, -0.2) is 16.7 Å². The van der Waals surface area contributed by atoms with Gasteiger partial charge in [0.1, 0.15) is 11.3 Å². The fourth-order valence-electron chi connectivity index (χ4n) is 3.04. The zero-order valence-corrected chi connectivity index (χ0v) is 17.5. The molecule has 0 unspecified atom stereocenters. The van der Waals surface area contributed by atoms with Crippen LogP contribution in [0.1, 0.15) is 21.6 Å². The highest BCUT2D eigenvalue weighted by Gasteiger charge is 2.40. The van der Waals surface area contributed by atoms with E-state index in [1.807, 2.05) is 36.6 Å². The van der Waals surface area contributed by atoms with Crippen LogP contribution in [0, 0.1) is 17.0 Å². The number of nitro groups is 1. The molecular formula is C21H16N3O4S2+. The van der Waals surface area contributed by atoms with Gasteiger partial charge in [-0.2, -0.15) is 0 Å². The number of thiazole rings is 1. The Morgan fingerprint density at radius 3 is 2.80 bits per heavy atom. The Labute approximate surface area is 180 Å². The van der Waals surface area contributed by atoms with Gasteiger partial charge in [0.15, 0.2) is 0 Å². The van der Waals surface area contributed by atoms with Crippen LogP contribution in [0.3, 0.4) is 0 Å². The third kappa shape index (κ3) is 4.03. The Morgan fingerprint density at radius 1 is 1.23 bits per heavy atom. The normalized spacial score (nSPS) is 14.0. The molecule has 1 aromatic heterocycles. The van der Waals surface area contributed by atoms with Gasteiger partial charge in [-0.15, -0.1) is 4.57 Å². The molecule has 2 aromatic carbocycles. The lowest BCUT2D eigenvalue weighted by atomic mass is 10.2. The number of fused-ring (bicyclic) bond motifs is 1. The van der Waals surface area contributed by atoms with Crippen molar-refractivity contribution in [2.75, 3.05) is 5.32 Å². The summed E-state index contributed by atoms with van der Waals surface area (Å²) in [6, 6.07) is 13.6. The van der Waals surface area contributed by atoms with Crippen LogP contribution >= 0.6 is 23.1 Å². The molecule has 0 aliphatic carbocycles. The summed E-state index contributed by atoms with van der Waals surface area (Å²) < 4.78 is 2.30. The number of thioether (sulfide) groups is 1. The highest BCUT2D eigenvalue weighted by molar-refractivity contribution is 8.05. The van der Waals surface area contributed by atoms with Gasteiger partial charge in [-0.3, -0.25) is 14.9 Å². The lowest BCUT2D eigenvalue weighted by molar-refractivity contribution is -0.607. The number of hydrogen-bond acceptors (Lipinski definition) is 6. The number of allylic oxidation sites excluding steroid dienone is 1. The van der Waals surface area contributed by atoms with E-state index in [1.54, 1.807) is 18.2 Å². The van der Waals surface area contributed by atoms with Crippen LogP contribution in [0.2, 0.25) is 0 Å². The highest BCUT2D eigenvalue weighted by Crippen LogP contribution is 2.36. The molecule has 1 N–H and O–H groups in total. The van der Waals surface area contributed by atoms with Crippen molar-refractivity contribution < 1.29 is 19.1 Å². The zero-order valence-electron chi connectivity index (χ0n) is 15.8. The van der Waals surface area contributed by atoms with Crippen molar-refractivity contribution >= 4 is 52.4 Å². The van der Waals surface area contributed by atoms with Crippen LogP contribution < -0.4 is 9.88 Å². The van der Waals surface area contributed by atoms with Gasteiger partial charge in [0.2, 0.25) is 11.6 Å². The van der Waals surface area contributed by atoms with Crippen LogP contribution in [0.15, 0.2) is 63.2 Å². The van der Waals surface area contributed by atoms with E-state index in [4.69, 9.17) is 0 Å². The minimum atomic E-state index is -0.470. The number of nitrogens with one attached hydrogen (secondary N) is 1. The molecule has 1 aliphatic rings. The van der Waals surface area contributed by atoms with E-state index in [-0.39, 0.29) is 23.9 Å². The first-order valence-corrected chi connectivity index (χ1v) is 10.7. The number of carbonyl (C=O) groups excluding carboxylic acids is 2. The number of carbonyl (C=O) groups is 2. The second-order valence-corrected chi connectivity index (χ2v) is 8.78. The van der Waals surface area contributed by atoms with Gasteiger partial charge in [-0.1, -0.05) is 41.7 Å². The number of non-ortho nitro benzene ring substituents is 1. The molecule has 3 aromatic rings. The first kappa shape index (κ1) is 20.0. The van der Waals surface area contributed by atoms with Crippen LogP contribution in [0.5, 0.6) is 0 Å². The van der Waals surface area contributed by atoms with Crippen LogP contribution in [-0.2, 0) is 11.2 Å². The maximum absolute atomic E-state index is 12.9. The van der Waals surface area contributed by atoms with Crippen molar-refractivity contribution in [1.29, 1.82) is 0 Å². The molecule has 0 spiro atoms. The number of aryl methyl sites for hydroxylation is 1. The van der Waals surface area contributed by atoms with Gasteiger partial charge in [-0.05, 0) is 30.2 Å². The number of rotatable bonds is 5. The lowest BCUT2D eigenvalue weighted by Gasteiger charge is -2.06. The molecule has 2 heterocycles. The summed E-state index contributed by atoms with van der Waals surface area (Å²) in [6.07, 6.45) is 1.71. The molecular weight excluding hydrogens is 422 g/mol. The molecule has 9 heteroatoms. The van der Waals surface area contributed by atoms with E-state index in [0.717, 1.165) is 15.6 Å².